The standard InChI is InChI=1S/C23H16BrClF2N4O2S/c1-33-17-8-2-13(3-9-17)22-29-30-23(31(22)16-6-4-14(25)5-7-16)34-12-20(32)28-21-18(24)10-15(26)11-19(21)27/h2-11H,12H2,1H3,(H,28,32). The van der Waals surface area contributed by atoms with Gasteiger partial charge in [-0.25, -0.2) is 8.78 Å². The number of ether oxygens (including phenoxy) is 1. The lowest BCUT2D eigenvalue weighted by Gasteiger charge is -2.12. The van der Waals surface area contributed by atoms with Crippen LogP contribution in [0.4, 0.5) is 14.5 Å². The molecule has 0 fully saturated rings. The Morgan fingerprint density at radius 3 is 2.47 bits per heavy atom. The molecule has 0 saturated carbocycles. The van der Waals surface area contributed by atoms with Gasteiger partial charge >= 0.3 is 0 Å². The highest BCUT2D eigenvalue weighted by molar-refractivity contribution is 9.10. The maximum absolute atomic E-state index is 14.1. The molecule has 0 unspecified atom stereocenters. The zero-order chi connectivity index (χ0) is 24.2. The summed E-state index contributed by atoms with van der Waals surface area (Å²) in [5, 5.41) is 12.1. The molecule has 0 saturated heterocycles. The molecular formula is C23H16BrClF2N4O2S. The molecule has 0 bridgehead atoms. The molecule has 0 aliphatic heterocycles. The fourth-order valence-electron chi connectivity index (χ4n) is 3.08. The SMILES string of the molecule is COc1ccc(-c2nnc(SCC(=O)Nc3c(F)cc(F)cc3Br)n2-c2ccc(Cl)cc2)cc1. The smallest absolute Gasteiger partial charge is 0.234 e. The Morgan fingerprint density at radius 1 is 1.12 bits per heavy atom. The summed E-state index contributed by atoms with van der Waals surface area (Å²) in [6.07, 6.45) is 0. The van der Waals surface area contributed by atoms with Gasteiger partial charge in [0.25, 0.3) is 0 Å². The summed E-state index contributed by atoms with van der Waals surface area (Å²) in [5.41, 5.74) is 1.40. The number of anilines is 1. The quantitative estimate of drug-likeness (QED) is 0.264. The predicted octanol–water partition coefficient (Wildman–Crippen LogP) is 6.37. The number of methoxy groups -OCH3 is 1. The van der Waals surface area contributed by atoms with Crippen molar-refractivity contribution in [3.8, 4) is 22.8 Å². The van der Waals surface area contributed by atoms with Crippen LogP contribution in [0.1, 0.15) is 0 Å². The molecule has 0 radical (unpaired) electrons. The van der Waals surface area contributed by atoms with Crippen LogP contribution in [0, 0.1) is 11.6 Å². The third-order valence-electron chi connectivity index (χ3n) is 4.67. The second-order valence-electron chi connectivity index (χ2n) is 6.93. The maximum Gasteiger partial charge on any atom is 0.234 e. The molecule has 0 aliphatic carbocycles. The number of halogens is 4. The summed E-state index contributed by atoms with van der Waals surface area (Å²) in [6.45, 7) is 0. The van der Waals surface area contributed by atoms with Gasteiger partial charge in [-0.05, 0) is 70.5 Å². The summed E-state index contributed by atoms with van der Waals surface area (Å²) < 4.78 is 34.5. The van der Waals surface area contributed by atoms with Crippen LogP contribution in [0.15, 0.2) is 70.3 Å². The number of rotatable bonds is 7. The first kappa shape index (κ1) is 24.2. The van der Waals surface area contributed by atoms with E-state index in [0.29, 0.717) is 27.8 Å². The van der Waals surface area contributed by atoms with E-state index in [0.717, 1.165) is 29.1 Å². The fraction of sp³-hybridized carbons (Fsp3) is 0.0870. The molecule has 3 aromatic carbocycles. The fourth-order valence-corrected chi connectivity index (χ4v) is 4.47. The number of carbonyl (C=O) groups is 1. The Balaban J connectivity index is 1.61. The summed E-state index contributed by atoms with van der Waals surface area (Å²) in [6, 6.07) is 16.2. The van der Waals surface area contributed by atoms with Crippen LogP contribution in [0.3, 0.4) is 0 Å². The van der Waals surface area contributed by atoms with Crippen molar-refractivity contribution in [1.29, 1.82) is 0 Å². The normalized spacial score (nSPS) is 10.9. The highest BCUT2D eigenvalue weighted by atomic mass is 79.9. The average molecular weight is 566 g/mol. The van der Waals surface area contributed by atoms with Crippen LogP contribution in [0.25, 0.3) is 17.1 Å². The molecule has 11 heteroatoms. The number of aromatic nitrogens is 3. The lowest BCUT2D eigenvalue weighted by Crippen LogP contribution is -2.16. The predicted molar refractivity (Wildman–Crippen MR) is 132 cm³/mol. The first-order chi connectivity index (χ1) is 16.4. The minimum atomic E-state index is -0.878. The molecular weight excluding hydrogens is 550 g/mol. The topological polar surface area (TPSA) is 69.0 Å². The molecule has 4 aromatic rings. The lowest BCUT2D eigenvalue weighted by molar-refractivity contribution is -0.113. The third-order valence-corrected chi connectivity index (χ3v) is 6.48. The summed E-state index contributed by atoms with van der Waals surface area (Å²) in [4.78, 5) is 12.5. The van der Waals surface area contributed by atoms with E-state index in [1.807, 2.05) is 36.4 Å². The Kier molecular flexibility index (Phi) is 7.50. The molecule has 1 aromatic heterocycles. The van der Waals surface area contributed by atoms with Gasteiger partial charge in [0, 0.05) is 26.8 Å². The minimum absolute atomic E-state index is 0.0857. The molecule has 34 heavy (non-hydrogen) atoms. The van der Waals surface area contributed by atoms with Gasteiger partial charge in [0.2, 0.25) is 5.91 Å². The number of amides is 1. The van der Waals surface area contributed by atoms with E-state index in [1.165, 1.54) is 0 Å². The molecule has 6 nitrogen and oxygen atoms in total. The van der Waals surface area contributed by atoms with Crippen LogP contribution in [-0.2, 0) is 4.79 Å². The van der Waals surface area contributed by atoms with Crippen LogP contribution < -0.4 is 10.1 Å². The van der Waals surface area contributed by atoms with Crippen molar-refractivity contribution >= 4 is 50.9 Å². The molecule has 1 heterocycles. The van der Waals surface area contributed by atoms with E-state index in [4.69, 9.17) is 16.3 Å². The van der Waals surface area contributed by atoms with Crippen LogP contribution in [0.5, 0.6) is 5.75 Å². The monoisotopic (exact) mass is 564 g/mol. The van der Waals surface area contributed by atoms with Crippen LogP contribution in [0.2, 0.25) is 5.02 Å². The Bertz CT molecular complexity index is 1310. The van der Waals surface area contributed by atoms with Crippen molar-refractivity contribution in [1.82, 2.24) is 14.8 Å². The van der Waals surface area contributed by atoms with Gasteiger partial charge in [-0.3, -0.25) is 9.36 Å². The summed E-state index contributed by atoms with van der Waals surface area (Å²) >= 11 is 10.2. The van der Waals surface area contributed by atoms with E-state index < -0.39 is 17.5 Å². The highest BCUT2D eigenvalue weighted by Gasteiger charge is 2.19. The Labute approximate surface area is 211 Å². The number of hydrogen-bond acceptors (Lipinski definition) is 5. The van der Waals surface area contributed by atoms with E-state index >= 15 is 0 Å². The van der Waals surface area contributed by atoms with E-state index in [1.54, 1.807) is 23.8 Å². The Hall–Kier alpha value is -2.95. The number of hydrogen-bond donors (Lipinski definition) is 1. The second kappa shape index (κ2) is 10.5. The van der Waals surface area contributed by atoms with Crippen LogP contribution in [-0.4, -0.2) is 33.5 Å². The van der Waals surface area contributed by atoms with Gasteiger partial charge in [-0.15, -0.1) is 10.2 Å². The zero-order valence-corrected chi connectivity index (χ0v) is 20.7. The largest absolute Gasteiger partial charge is 0.497 e. The first-order valence-electron chi connectivity index (χ1n) is 9.78. The van der Waals surface area contributed by atoms with Crippen LogP contribution >= 0.6 is 39.3 Å². The van der Waals surface area contributed by atoms with Gasteiger partial charge in [0.05, 0.1) is 18.6 Å². The number of thioether (sulfide) groups is 1. The number of benzene rings is 3. The molecule has 1 N–H and O–H groups in total. The second-order valence-corrected chi connectivity index (χ2v) is 9.16. The number of carbonyl (C=O) groups excluding carboxylic acids is 1. The van der Waals surface area contributed by atoms with Gasteiger partial charge in [0.1, 0.15) is 11.6 Å². The summed E-state index contributed by atoms with van der Waals surface area (Å²) in [5.74, 6) is -0.951. The lowest BCUT2D eigenvalue weighted by atomic mass is 10.2. The highest BCUT2D eigenvalue weighted by Crippen LogP contribution is 2.31. The van der Waals surface area contributed by atoms with Crippen molar-refractivity contribution in [2.45, 2.75) is 5.16 Å². The van der Waals surface area contributed by atoms with Crippen molar-refractivity contribution in [2.24, 2.45) is 0 Å². The minimum Gasteiger partial charge on any atom is -0.497 e. The maximum atomic E-state index is 14.1. The van der Waals surface area contributed by atoms with Crippen molar-refractivity contribution in [3.05, 3.63) is 81.8 Å². The average Bonchev–Trinajstić information content (AvgIpc) is 3.24. The van der Waals surface area contributed by atoms with E-state index in [-0.39, 0.29) is 15.9 Å². The molecule has 174 valence electrons. The third kappa shape index (κ3) is 5.40. The molecule has 4 rings (SSSR count). The summed E-state index contributed by atoms with van der Waals surface area (Å²) in [7, 11) is 1.58. The molecule has 1 amide bonds. The first-order valence-corrected chi connectivity index (χ1v) is 11.9. The van der Waals surface area contributed by atoms with Crippen molar-refractivity contribution in [3.63, 3.8) is 0 Å². The van der Waals surface area contributed by atoms with Gasteiger partial charge in [0.15, 0.2) is 16.8 Å². The zero-order valence-electron chi connectivity index (χ0n) is 17.6. The molecule has 0 atom stereocenters. The van der Waals surface area contributed by atoms with Gasteiger partial charge in [-0.2, -0.15) is 0 Å². The van der Waals surface area contributed by atoms with Gasteiger partial charge in [-0.1, -0.05) is 23.4 Å². The van der Waals surface area contributed by atoms with E-state index in [2.05, 4.69) is 31.4 Å². The molecule has 0 spiro atoms. The van der Waals surface area contributed by atoms with Gasteiger partial charge < -0.3 is 10.1 Å². The number of nitrogens with zero attached hydrogens (tertiary/aromatic N) is 3. The van der Waals surface area contributed by atoms with Crippen molar-refractivity contribution in [2.75, 3.05) is 18.2 Å². The van der Waals surface area contributed by atoms with E-state index in [9.17, 15) is 13.6 Å². The Morgan fingerprint density at radius 2 is 1.82 bits per heavy atom. The number of nitrogens with one attached hydrogen (secondary N) is 1. The molecule has 0 aliphatic rings. The van der Waals surface area contributed by atoms with Crippen molar-refractivity contribution < 1.29 is 18.3 Å².